The SMILES string of the molecule is CCn1nc(C)c(-c2cn3ccsc3n2)c1C. The minimum Gasteiger partial charge on any atom is -0.297 e. The number of hydrogen-bond donors (Lipinski definition) is 0. The van der Waals surface area contributed by atoms with Gasteiger partial charge in [-0.25, -0.2) is 4.98 Å². The summed E-state index contributed by atoms with van der Waals surface area (Å²) in [6.07, 6.45) is 4.11. The Hall–Kier alpha value is -1.62. The number of nitrogens with zero attached hydrogens (tertiary/aromatic N) is 4. The molecular formula is C12H14N4S. The zero-order valence-corrected chi connectivity index (χ0v) is 11.0. The van der Waals surface area contributed by atoms with Crippen molar-refractivity contribution < 1.29 is 0 Å². The molecule has 3 rings (SSSR count). The highest BCUT2D eigenvalue weighted by atomic mass is 32.1. The lowest BCUT2D eigenvalue weighted by Gasteiger charge is -1.99. The average Bonchev–Trinajstić information content (AvgIpc) is 2.91. The molecule has 5 heteroatoms. The van der Waals surface area contributed by atoms with E-state index in [0.29, 0.717) is 0 Å². The van der Waals surface area contributed by atoms with Crippen molar-refractivity contribution >= 4 is 16.3 Å². The molecule has 0 aromatic carbocycles. The largest absolute Gasteiger partial charge is 0.297 e. The van der Waals surface area contributed by atoms with Crippen LogP contribution in [0.3, 0.4) is 0 Å². The second kappa shape index (κ2) is 3.70. The van der Waals surface area contributed by atoms with Gasteiger partial charge in [0.1, 0.15) is 0 Å². The van der Waals surface area contributed by atoms with Crippen LogP contribution in [0.5, 0.6) is 0 Å². The first-order chi connectivity index (χ1) is 8.20. The molecule has 0 N–H and O–H groups in total. The van der Waals surface area contributed by atoms with Crippen molar-refractivity contribution in [1.29, 1.82) is 0 Å². The lowest BCUT2D eigenvalue weighted by molar-refractivity contribution is 0.634. The van der Waals surface area contributed by atoms with Gasteiger partial charge in [-0.05, 0) is 20.8 Å². The molecule has 4 nitrogen and oxygen atoms in total. The normalized spacial score (nSPS) is 11.5. The van der Waals surface area contributed by atoms with E-state index in [9.17, 15) is 0 Å². The molecule has 3 heterocycles. The molecule has 88 valence electrons. The van der Waals surface area contributed by atoms with Gasteiger partial charge in [-0.15, -0.1) is 11.3 Å². The molecule has 0 aliphatic rings. The quantitative estimate of drug-likeness (QED) is 0.697. The Labute approximate surface area is 104 Å². The maximum absolute atomic E-state index is 4.64. The Morgan fingerprint density at radius 1 is 1.35 bits per heavy atom. The monoisotopic (exact) mass is 246 g/mol. The summed E-state index contributed by atoms with van der Waals surface area (Å²) >= 11 is 1.65. The number of thiazole rings is 1. The third kappa shape index (κ3) is 1.50. The first-order valence-electron chi connectivity index (χ1n) is 5.67. The van der Waals surface area contributed by atoms with Crippen molar-refractivity contribution in [3.05, 3.63) is 29.2 Å². The van der Waals surface area contributed by atoms with Gasteiger partial charge in [0.15, 0.2) is 4.96 Å². The lowest BCUT2D eigenvalue weighted by atomic mass is 10.1. The van der Waals surface area contributed by atoms with Crippen LogP contribution in [0.15, 0.2) is 17.8 Å². The minimum atomic E-state index is 0.898. The van der Waals surface area contributed by atoms with Gasteiger partial charge >= 0.3 is 0 Å². The van der Waals surface area contributed by atoms with Gasteiger partial charge in [0.05, 0.1) is 11.4 Å². The van der Waals surface area contributed by atoms with Crippen LogP contribution in [0.1, 0.15) is 18.3 Å². The minimum absolute atomic E-state index is 0.898. The summed E-state index contributed by atoms with van der Waals surface area (Å²) in [6.45, 7) is 7.15. The molecule has 0 saturated heterocycles. The summed E-state index contributed by atoms with van der Waals surface area (Å²) in [6, 6.07) is 0. The molecule has 17 heavy (non-hydrogen) atoms. The number of rotatable bonds is 2. The molecule has 0 fully saturated rings. The highest BCUT2D eigenvalue weighted by molar-refractivity contribution is 7.15. The Morgan fingerprint density at radius 2 is 2.18 bits per heavy atom. The fourth-order valence-electron chi connectivity index (χ4n) is 2.22. The van der Waals surface area contributed by atoms with Crippen LogP contribution in [0, 0.1) is 13.8 Å². The molecule has 0 spiro atoms. The molecule has 0 aliphatic carbocycles. The van der Waals surface area contributed by atoms with Crippen LogP contribution < -0.4 is 0 Å². The second-order valence-corrected chi connectivity index (χ2v) is 4.95. The van der Waals surface area contributed by atoms with Crippen molar-refractivity contribution in [3.8, 4) is 11.3 Å². The zero-order valence-electron chi connectivity index (χ0n) is 10.1. The van der Waals surface area contributed by atoms with Crippen molar-refractivity contribution in [2.24, 2.45) is 0 Å². The molecular weight excluding hydrogens is 232 g/mol. The Kier molecular flexibility index (Phi) is 2.29. The van der Waals surface area contributed by atoms with Crippen LogP contribution in [0.4, 0.5) is 0 Å². The number of imidazole rings is 1. The fourth-order valence-corrected chi connectivity index (χ4v) is 2.92. The number of aromatic nitrogens is 4. The highest BCUT2D eigenvalue weighted by Crippen LogP contribution is 2.27. The molecule has 0 atom stereocenters. The summed E-state index contributed by atoms with van der Waals surface area (Å²) in [5, 5.41) is 6.57. The standard InChI is InChI=1S/C12H14N4S/c1-4-16-9(3)11(8(2)14-16)10-7-15-5-6-17-12(15)13-10/h5-7H,4H2,1-3H3. The molecule has 0 saturated carbocycles. The van der Waals surface area contributed by atoms with Crippen LogP contribution in [0.2, 0.25) is 0 Å². The van der Waals surface area contributed by atoms with Gasteiger partial charge in [0.2, 0.25) is 0 Å². The van der Waals surface area contributed by atoms with Gasteiger partial charge in [0, 0.05) is 35.6 Å². The van der Waals surface area contributed by atoms with Gasteiger partial charge in [-0.2, -0.15) is 5.10 Å². The van der Waals surface area contributed by atoms with E-state index in [1.165, 1.54) is 11.3 Å². The topological polar surface area (TPSA) is 35.1 Å². The smallest absolute Gasteiger partial charge is 0.194 e. The zero-order chi connectivity index (χ0) is 12.0. The number of aryl methyl sites for hydroxylation is 2. The number of hydrogen-bond acceptors (Lipinski definition) is 3. The summed E-state index contributed by atoms with van der Waals surface area (Å²) < 4.78 is 4.08. The maximum Gasteiger partial charge on any atom is 0.194 e. The van der Waals surface area contributed by atoms with Gasteiger partial charge in [0.25, 0.3) is 0 Å². The molecule has 0 radical (unpaired) electrons. The van der Waals surface area contributed by atoms with Crippen molar-refractivity contribution in [1.82, 2.24) is 19.2 Å². The van der Waals surface area contributed by atoms with Gasteiger partial charge in [-0.3, -0.25) is 9.08 Å². The third-order valence-electron chi connectivity index (χ3n) is 3.03. The summed E-state index contributed by atoms with van der Waals surface area (Å²) in [7, 11) is 0. The van der Waals surface area contributed by atoms with E-state index in [0.717, 1.165) is 22.9 Å². The fraction of sp³-hybridized carbons (Fsp3) is 0.333. The van der Waals surface area contributed by atoms with E-state index in [1.54, 1.807) is 11.3 Å². The summed E-state index contributed by atoms with van der Waals surface area (Å²) in [5.41, 5.74) is 4.43. The van der Waals surface area contributed by atoms with Crippen molar-refractivity contribution in [3.63, 3.8) is 0 Å². The predicted octanol–water partition coefficient (Wildman–Crippen LogP) is 2.90. The first-order valence-corrected chi connectivity index (χ1v) is 6.55. The first kappa shape index (κ1) is 10.5. The number of fused-ring (bicyclic) bond motifs is 1. The van der Waals surface area contributed by atoms with Crippen LogP contribution in [0.25, 0.3) is 16.2 Å². The molecule has 3 aromatic heterocycles. The van der Waals surface area contributed by atoms with E-state index >= 15 is 0 Å². The molecule has 0 amide bonds. The predicted molar refractivity (Wildman–Crippen MR) is 69.4 cm³/mol. The van der Waals surface area contributed by atoms with E-state index in [4.69, 9.17) is 0 Å². The lowest BCUT2D eigenvalue weighted by Crippen LogP contribution is -1.98. The molecule has 0 aliphatic heterocycles. The van der Waals surface area contributed by atoms with E-state index in [-0.39, 0.29) is 0 Å². The van der Waals surface area contributed by atoms with Crippen LogP contribution >= 0.6 is 11.3 Å². The van der Waals surface area contributed by atoms with E-state index in [1.807, 2.05) is 23.2 Å². The van der Waals surface area contributed by atoms with E-state index < -0.39 is 0 Å². The molecule has 3 aromatic rings. The Bertz CT molecular complexity index is 645. The molecule has 0 bridgehead atoms. The average molecular weight is 246 g/mol. The van der Waals surface area contributed by atoms with E-state index in [2.05, 4.69) is 34.5 Å². The third-order valence-corrected chi connectivity index (χ3v) is 3.80. The maximum atomic E-state index is 4.64. The van der Waals surface area contributed by atoms with Gasteiger partial charge < -0.3 is 0 Å². The van der Waals surface area contributed by atoms with Crippen molar-refractivity contribution in [2.45, 2.75) is 27.3 Å². The van der Waals surface area contributed by atoms with Gasteiger partial charge in [-0.1, -0.05) is 0 Å². The van der Waals surface area contributed by atoms with Crippen molar-refractivity contribution in [2.75, 3.05) is 0 Å². The summed E-state index contributed by atoms with van der Waals surface area (Å²) in [4.78, 5) is 5.67. The second-order valence-electron chi connectivity index (χ2n) is 4.08. The van der Waals surface area contributed by atoms with Crippen LogP contribution in [-0.2, 0) is 6.54 Å². The summed E-state index contributed by atoms with van der Waals surface area (Å²) in [5.74, 6) is 0. The highest BCUT2D eigenvalue weighted by Gasteiger charge is 2.15. The Morgan fingerprint density at radius 3 is 2.82 bits per heavy atom. The van der Waals surface area contributed by atoms with Crippen LogP contribution in [-0.4, -0.2) is 19.2 Å². The Balaban J connectivity index is 2.21. The molecule has 0 unspecified atom stereocenters.